The van der Waals surface area contributed by atoms with Gasteiger partial charge in [-0.3, -0.25) is 0 Å². The molecule has 0 spiro atoms. The Kier molecular flexibility index (Phi) is 7.46. The highest BCUT2D eigenvalue weighted by molar-refractivity contribution is 5.83. The van der Waals surface area contributed by atoms with Crippen molar-refractivity contribution in [1.82, 2.24) is 0 Å². The van der Waals surface area contributed by atoms with Gasteiger partial charge in [0.05, 0.1) is 13.2 Å². The van der Waals surface area contributed by atoms with Gasteiger partial charge in [-0.05, 0) is 22.9 Å². The van der Waals surface area contributed by atoms with Gasteiger partial charge in [-0.2, -0.15) is 0 Å². The summed E-state index contributed by atoms with van der Waals surface area (Å²) in [5.41, 5.74) is 0. The van der Waals surface area contributed by atoms with Gasteiger partial charge in [-0.1, -0.05) is 30.3 Å². The fraction of sp³-hybridized carbons (Fsp3) is 0.545. The van der Waals surface area contributed by atoms with Crippen LogP contribution in [0.4, 0.5) is 0 Å². The molecule has 2 aliphatic heterocycles. The average molecular weight is 468 g/mol. The van der Waals surface area contributed by atoms with E-state index in [9.17, 15) is 35.7 Å². The van der Waals surface area contributed by atoms with Crippen LogP contribution < -0.4 is 4.74 Å². The molecular formula is C22H28O11. The molecule has 0 aromatic heterocycles. The van der Waals surface area contributed by atoms with E-state index in [4.69, 9.17) is 18.9 Å². The summed E-state index contributed by atoms with van der Waals surface area (Å²) < 4.78 is 22.1. The minimum Gasteiger partial charge on any atom is -0.462 e. The van der Waals surface area contributed by atoms with Gasteiger partial charge in [0.25, 0.3) is 0 Å². The number of hydrogen-bond acceptors (Lipinski definition) is 11. The monoisotopic (exact) mass is 468 g/mol. The van der Waals surface area contributed by atoms with Crippen LogP contribution in [0.5, 0.6) is 5.75 Å². The van der Waals surface area contributed by atoms with Crippen molar-refractivity contribution in [3.63, 3.8) is 0 Å². The quantitative estimate of drug-likeness (QED) is 0.246. The Labute approximate surface area is 188 Å². The maximum absolute atomic E-state index is 10.7. The molecule has 0 saturated carbocycles. The second-order valence-electron chi connectivity index (χ2n) is 8.13. The third kappa shape index (κ3) is 4.84. The zero-order valence-electron chi connectivity index (χ0n) is 17.5. The van der Waals surface area contributed by atoms with Crippen LogP contribution in [0.1, 0.15) is 0 Å². The molecule has 0 bridgehead atoms. The third-order valence-corrected chi connectivity index (χ3v) is 5.93. The second-order valence-corrected chi connectivity index (χ2v) is 8.13. The van der Waals surface area contributed by atoms with Crippen LogP contribution >= 0.6 is 0 Å². The van der Waals surface area contributed by atoms with Crippen molar-refractivity contribution < 1.29 is 54.7 Å². The standard InChI is InChI=1S/C22H28O11/c23-8-13-15(25)16(26)18(28)22(31-13)33-20-14(9-24)32-21(19(29)17(20)27)30-12-6-5-10-3-1-2-4-11(10)7-12/h1-7,13-29H,8-9H2/t13-,14-,15+,16+,17-,18-,19-,20+,21-,22-/m1/s1. The number of ether oxygens (including phenoxy) is 4. The Bertz CT molecular complexity index is 922. The highest BCUT2D eigenvalue weighted by Gasteiger charge is 2.51. The summed E-state index contributed by atoms with van der Waals surface area (Å²) in [5.74, 6) is 0.370. The van der Waals surface area contributed by atoms with Crippen LogP contribution in [-0.2, 0) is 14.2 Å². The van der Waals surface area contributed by atoms with Gasteiger partial charge in [0, 0.05) is 0 Å². The van der Waals surface area contributed by atoms with Crippen molar-refractivity contribution in [3.8, 4) is 5.75 Å². The lowest BCUT2D eigenvalue weighted by atomic mass is 9.97. The van der Waals surface area contributed by atoms with Crippen LogP contribution in [-0.4, -0.2) is 110 Å². The summed E-state index contributed by atoms with van der Waals surface area (Å²) in [6.45, 7) is -1.30. The molecule has 0 amide bonds. The van der Waals surface area contributed by atoms with Crippen LogP contribution in [0, 0.1) is 0 Å². The fourth-order valence-electron chi connectivity index (χ4n) is 4.03. The Morgan fingerprint density at radius 3 is 2.00 bits per heavy atom. The van der Waals surface area contributed by atoms with E-state index in [2.05, 4.69) is 0 Å². The largest absolute Gasteiger partial charge is 0.462 e. The molecule has 11 heteroatoms. The van der Waals surface area contributed by atoms with Crippen LogP contribution in [0.3, 0.4) is 0 Å². The Morgan fingerprint density at radius 1 is 0.667 bits per heavy atom. The predicted octanol–water partition coefficient (Wildman–Crippen LogP) is -2.16. The van der Waals surface area contributed by atoms with Gasteiger partial charge in [-0.15, -0.1) is 0 Å². The van der Waals surface area contributed by atoms with E-state index in [1.165, 1.54) is 0 Å². The van der Waals surface area contributed by atoms with E-state index < -0.39 is 74.6 Å². The van der Waals surface area contributed by atoms with Gasteiger partial charge in [-0.25, -0.2) is 0 Å². The summed E-state index contributed by atoms with van der Waals surface area (Å²) in [5, 5.41) is 72.3. The minimum absolute atomic E-state index is 0.370. The Balaban J connectivity index is 1.47. The maximum atomic E-state index is 10.7. The number of fused-ring (bicyclic) bond motifs is 1. The number of rotatable bonds is 6. The lowest BCUT2D eigenvalue weighted by Crippen LogP contribution is -2.65. The van der Waals surface area contributed by atoms with Crippen LogP contribution in [0.25, 0.3) is 10.8 Å². The van der Waals surface area contributed by atoms with Crippen molar-refractivity contribution >= 4 is 10.8 Å². The van der Waals surface area contributed by atoms with Gasteiger partial charge < -0.3 is 54.7 Å². The lowest BCUT2D eigenvalue weighted by Gasteiger charge is -2.45. The van der Waals surface area contributed by atoms with E-state index in [1.54, 1.807) is 12.1 Å². The molecule has 2 aromatic rings. The molecule has 182 valence electrons. The molecule has 2 saturated heterocycles. The zero-order valence-corrected chi connectivity index (χ0v) is 17.5. The van der Waals surface area contributed by atoms with Crippen LogP contribution in [0.2, 0.25) is 0 Å². The number of benzene rings is 2. The molecule has 7 N–H and O–H groups in total. The molecule has 2 aromatic carbocycles. The van der Waals surface area contributed by atoms with Crippen molar-refractivity contribution in [1.29, 1.82) is 0 Å². The number of hydrogen-bond donors (Lipinski definition) is 7. The second kappa shape index (κ2) is 10.2. The first-order valence-electron chi connectivity index (χ1n) is 10.6. The number of aliphatic hydroxyl groups excluding tert-OH is 7. The van der Waals surface area contributed by atoms with Crippen molar-refractivity contribution in [2.45, 2.75) is 61.4 Å². The molecule has 11 nitrogen and oxygen atoms in total. The normalized spacial score (nSPS) is 39.5. The molecule has 4 rings (SSSR count). The summed E-state index contributed by atoms with van der Waals surface area (Å²) in [7, 11) is 0. The third-order valence-electron chi connectivity index (χ3n) is 5.93. The molecule has 10 atom stereocenters. The van der Waals surface area contributed by atoms with Gasteiger partial charge in [0.15, 0.2) is 6.29 Å². The highest BCUT2D eigenvalue weighted by atomic mass is 16.7. The van der Waals surface area contributed by atoms with Crippen molar-refractivity contribution in [2.24, 2.45) is 0 Å². The topological polar surface area (TPSA) is 179 Å². The Morgan fingerprint density at radius 2 is 1.30 bits per heavy atom. The van der Waals surface area contributed by atoms with E-state index in [-0.39, 0.29) is 0 Å². The molecular weight excluding hydrogens is 440 g/mol. The van der Waals surface area contributed by atoms with Gasteiger partial charge >= 0.3 is 0 Å². The predicted molar refractivity (Wildman–Crippen MR) is 111 cm³/mol. The summed E-state index contributed by atoms with van der Waals surface area (Å²) in [6.07, 6.45) is -15.0. The zero-order chi connectivity index (χ0) is 23.7. The first kappa shape index (κ1) is 24.2. The molecule has 0 radical (unpaired) electrons. The molecule has 2 fully saturated rings. The maximum Gasteiger partial charge on any atom is 0.229 e. The molecule has 0 aliphatic carbocycles. The summed E-state index contributed by atoms with van der Waals surface area (Å²) >= 11 is 0. The first-order chi connectivity index (χ1) is 15.8. The number of aliphatic hydroxyl groups is 7. The smallest absolute Gasteiger partial charge is 0.229 e. The molecule has 2 aliphatic rings. The summed E-state index contributed by atoms with van der Waals surface area (Å²) in [4.78, 5) is 0. The molecule has 2 heterocycles. The first-order valence-corrected chi connectivity index (χ1v) is 10.6. The van der Waals surface area contributed by atoms with E-state index in [1.807, 2.05) is 30.3 Å². The lowest BCUT2D eigenvalue weighted by molar-refractivity contribution is -0.352. The minimum atomic E-state index is -1.72. The van der Waals surface area contributed by atoms with Gasteiger partial charge in [0.2, 0.25) is 6.29 Å². The van der Waals surface area contributed by atoms with Gasteiger partial charge in [0.1, 0.15) is 54.6 Å². The van der Waals surface area contributed by atoms with E-state index in [0.717, 1.165) is 10.8 Å². The highest BCUT2D eigenvalue weighted by Crippen LogP contribution is 2.31. The van der Waals surface area contributed by atoms with E-state index >= 15 is 0 Å². The molecule has 33 heavy (non-hydrogen) atoms. The fourth-order valence-corrected chi connectivity index (χ4v) is 4.03. The van der Waals surface area contributed by atoms with Crippen molar-refractivity contribution in [2.75, 3.05) is 13.2 Å². The van der Waals surface area contributed by atoms with Crippen molar-refractivity contribution in [3.05, 3.63) is 42.5 Å². The summed E-state index contributed by atoms with van der Waals surface area (Å²) in [6, 6.07) is 12.8. The van der Waals surface area contributed by atoms with Crippen LogP contribution in [0.15, 0.2) is 42.5 Å². The molecule has 0 unspecified atom stereocenters. The SMILES string of the molecule is OC[C@H]1O[C@H](O[C@@H]2[C@H](O)[C@@H](O)[C@H](Oc3ccc4ccccc4c3)O[C@@H]2CO)[C@H](O)[C@@H](O)[C@H]1O. The Hall–Kier alpha value is -1.90. The van der Waals surface area contributed by atoms with E-state index in [0.29, 0.717) is 5.75 Å². The average Bonchev–Trinajstić information content (AvgIpc) is 2.83.